The lowest BCUT2D eigenvalue weighted by Gasteiger charge is -2.30. The van der Waals surface area contributed by atoms with Crippen LogP contribution in [0.4, 0.5) is 5.69 Å². The number of nitrogens with one attached hydrogen (secondary N) is 1. The van der Waals surface area contributed by atoms with E-state index in [2.05, 4.69) is 10.3 Å². The summed E-state index contributed by atoms with van der Waals surface area (Å²) in [5, 5.41) is 2.71. The van der Waals surface area contributed by atoms with E-state index in [1.807, 2.05) is 24.3 Å². The number of hydrogen-bond donors (Lipinski definition) is 1. The molecule has 1 aromatic heterocycles. The van der Waals surface area contributed by atoms with Gasteiger partial charge in [0.25, 0.3) is 5.91 Å². The van der Waals surface area contributed by atoms with Gasteiger partial charge in [0.15, 0.2) is 11.5 Å². The lowest BCUT2D eigenvalue weighted by Crippen LogP contribution is -2.43. The summed E-state index contributed by atoms with van der Waals surface area (Å²) in [5.74, 6) is 0.632. The summed E-state index contributed by atoms with van der Waals surface area (Å²) < 4.78 is 5.88. The molecule has 0 bridgehead atoms. The first-order valence-electron chi connectivity index (χ1n) is 11.4. The zero-order valence-electron chi connectivity index (χ0n) is 18.3. The van der Waals surface area contributed by atoms with Gasteiger partial charge in [-0.05, 0) is 55.7 Å². The Balaban J connectivity index is 1.11. The second kappa shape index (κ2) is 9.05. The van der Waals surface area contributed by atoms with Crippen molar-refractivity contribution in [3.63, 3.8) is 0 Å². The maximum Gasteiger partial charge on any atom is 0.251 e. The summed E-state index contributed by atoms with van der Waals surface area (Å²) in [6.07, 6.45) is 2.98. The SMILES string of the molecule is O=C(NCC(=O)N1CCC(c2nc3ccccc3o2)CC1)c1ccc(N2CCCC2=O)cc1. The number of nitrogens with zero attached hydrogens (tertiary/aromatic N) is 3. The van der Waals surface area contributed by atoms with Crippen LogP contribution in [0.2, 0.25) is 0 Å². The van der Waals surface area contributed by atoms with Crippen LogP contribution in [0.5, 0.6) is 0 Å². The van der Waals surface area contributed by atoms with E-state index in [0.717, 1.165) is 41.9 Å². The van der Waals surface area contributed by atoms with Crippen molar-refractivity contribution in [1.82, 2.24) is 15.2 Å². The van der Waals surface area contributed by atoms with Crippen molar-refractivity contribution in [3.8, 4) is 0 Å². The third-order valence-electron chi connectivity index (χ3n) is 6.42. The number of carbonyl (C=O) groups is 3. The Morgan fingerprint density at radius 2 is 1.79 bits per heavy atom. The minimum Gasteiger partial charge on any atom is -0.440 e. The molecule has 33 heavy (non-hydrogen) atoms. The van der Waals surface area contributed by atoms with Crippen molar-refractivity contribution >= 4 is 34.5 Å². The van der Waals surface area contributed by atoms with Crippen LogP contribution in [0.25, 0.3) is 11.1 Å². The van der Waals surface area contributed by atoms with Gasteiger partial charge in [0.05, 0.1) is 6.54 Å². The van der Waals surface area contributed by atoms with Gasteiger partial charge in [-0.2, -0.15) is 0 Å². The van der Waals surface area contributed by atoms with Crippen LogP contribution < -0.4 is 10.2 Å². The number of anilines is 1. The van der Waals surface area contributed by atoms with E-state index in [-0.39, 0.29) is 30.2 Å². The smallest absolute Gasteiger partial charge is 0.251 e. The first-order chi connectivity index (χ1) is 16.1. The van der Waals surface area contributed by atoms with Crippen LogP contribution in [-0.2, 0) is 9.59 Å². The molecular formula is C25H26N4O4. The number of hydrogen-bond acceptors (Lipinski definition) is 5. The number of fused-ring (bicyclic) bond motifs is 1. The number of benzene rings is 2. The number of amides is 3. The molecule has 0 unspecified atom stereocenters. The maximum absolute atomic E-state index is 12.6. The predicted octanol–water partition coefficient (Wildman–Crippen LogP) is 3.09. The van der Waals surface area contributed by atoms with Gasteiger partial charge in [-0.3, -0.25) is 14.4 Å². The van der Waals surface area contributed by atoms with Gasteiger partial charge < -0.3 is 19.5 Å². The van der Waals surface area contributed by atoms with E-state index >= 15 is 0 Å². The van der Waals surface area contributed by atoms with Crippen molar-refractivity contribution < 1.29 is 18.8 Å². The van der Waals surface area contributed by atoms with Crippen molar-refractivity contribution in [1.29, 1.82) is 0 Å². The van der Waals surface area contributed by atoms with Gasteiger partial charge in [0.2, 0.25) is 11.8 Å². The lowest BCUT2D eigenvalue weighted by molar-refractivity contribution is -0.131. The van der Waals surface area contributed by atoms with Gasteiger partial charge in [0, 0.05) is 43.2 Å². The number of aromatic nitrogens is 1. The van der Waals surface area contributed by atoms with E-state index in [0.29, 0.717) is 31.6 Å². The molecule has 8 nitrogen and oxygen atoms in total. The zero-order chi connectivity index (χ0) is 22.8. The molecule has 2 saturated heterocycles. The highest BCUT2D eigenvalue weighted by molar-refractivity contribution is 5.98. The molecule has 0 atom stereocenters. The fraction of sp³-hybridized carbons (Fsp3) is 0.360. The summed E-state index contributed by atoms with van der Waals surface area (Å²) in [5.41, 5.74) is 2.90. The second-order valence-corrected chi connectivity index (χ2v) is 8.55. The molecule has 2 aliphatic rings. The summed E-state index contributed by atoms with van der Waals surface area (Å²) >= 11 is 0. The highest BCUT2D eigenvalue weighted by atomic mass is 16.3. The Bertz CT molecular complexity index is 1150. The van der Waals surface area contributed by atoms with Crippen LogP contribution in [0.1, 0.15) is 47.8 Å². The minimum absolute atomic E-state index is 0.0429. The molecule has 3 aromatic rings. The molecule has 0 radical (unpaired) electrons. The van der Waals surface area contributed by atoms with Crippen molar-refractivity contribution in [2.75, 3.05) is 31.1 Å². The number of rotatable bonds is 5. The maximum atomic E-state index is 12.6. The highest BCUT2D eigenvalue weighted by Gasteiger charge is 2.27. The van der Waals surface area contributed by atoms with E-state index in [4.69, 9.17) is 4.42 Å². The quantitative estimate of drug-likeness (QED) is 0.650. The Morgan fingerprint density at radius 1 is 1.03 bits per heavy atom. The number of likely N-dealkylation sites (tertiary alicyclic amines) is 1. The molecule has 0 aliphatic carbocycles. The van der Waals surface area contributed by atoms with Gasteiger partial charge in [-0.25, -0.2) is 4.98 Å². The van der Waals surface area contributed by atoms with Crippen molar-refractivity contribution in [3.05, 3.63) is 60.0 Å². The molecule has 3 amide bonds. The fourth-order valence-corrected chi connectivity index (χ4v) is 4.52. The van der Waals surface area contributed by atoms with E-state index in [1.54, 1.807) is 34.1 Å². The fourth-order valence-electron chi connectivity index (χ4n) is 4.52. The molecule has 2 fully saturated rings. The average molecular weight is 447 g/mol. The van der Waals surface area contributed by atoms with Crippen LogP contribution >= 0.6 is 0 Å². The van der Waals surface area contributed by atoms with Crippen LogP contribution in [-0.4, -0.2) is 53.8 Å². The number of para-hydroxylation sites is 2. The zero-order valence-corrected chi connectivity index (χ0v) is 18.3. The van der Waals surface area contributed by atoms with Crippen LogP contribution in [0.3, 0.4) is 0 Å². The Hall–Kier alpha value is -3.68. The van der Waals surface area contributed by atoms with E-state index in [1.165, 1.54) is 0 Å². The second-order valence-electron chi connectivity index (χ2n) is 8.55. The molecule has 0 spiro atoms. The standard InChI is InChI=1S/C25H26N4O4/c30-22-6-3-13-29(22)19-9-7-17(8-10-19)24(32)26-16-23(31)28-14-11-18(12-15-28)25-27-20-4-1-2-5-21(20)33-25/h1-2,4-5,7-10,18H,3,6,11-16H2,(H,26,32). The molecule has 3 heterocycles. The summed E-state index contributed by atoms with van der Waals surface area (Å²) in [4.78, 5) is 45.0. The number of piperidine rings is 1. The average Bonchev–Trinajstić information content (AvgIpc) is 3.48. The predicted molar refractivity (Wildman–Crippen MR) is 123 cm³/mol. The molecular weight excluding hydrogens is 420 g/mol. The Morgan fingerprint density at radius 3 is 2.48 bits per heavy atom. The summed E-state index contributed by atoms with van der Waals surface area (Å²) in [6, 6.07) is 14.6. The molecule has 0 saturated carbocycles. The molecule has 2 aromatic carbocycles. The third-order valence-corrected chi connectivity index (χ3v) is 6.42. The molecule has 1 N–H and O–H groups in total. The third kappa shape index (κ3) is 4.46. The van der Waals surface area contributed by atoms with Gasteiger partial charge in [0.1, 0.15) is 5.52 Å². The van der Waals surface area contributed by atoms with Gasteiger partial charge >= 0.3 is 0 Å². The highest BCUT2D eigenvalue weighted by Crippen LogP contribution is 2.30. The first-order valence-corrected chi connectivity index (χ1v) is 11.4. The van der Waals surface area contributed by atoms with Crippen molar-refractivity contribution in [2.24, 2.45) is 0 Å². The number of carbonyl (C=O) groups excluding carboxylic acids is 3. The molecule has 5 rings (SSSR count). The Kier molecular flexibility index (Phi) is 5.81. The topological polar surface area (TPSA) is 95.8 Å². The molecule has 170 valence electrons. The van der Waals surface area contributed by atoms with Gasteiger partial charge in [-0.1, -0.05) is 12.1 Å². The molecule has 2 aliphatic heterocycles. The van der Waals surface area contributed by atoms with E-state index < -0.39 is 0 Å². The minimum atomic E-state index is -0.302. The van der Waals surface area contributed by atoms with Crippen molar-refractivity contribution in [2.45, 2.75) is 31.6 Å². The Labute approximate surface area is 191 Å². The molecule has 8 heteroatoms. The summed E-state index contributed by atoms with van der Waals surface area (Å²) in [6.45, 7) is 1.88. The summed E-state index contributed by atoms with van der Waals surface area (Å²) in [7, 11) is 0. The van der Waals surface area contributed by atoms with Crippen LogP contribution in [0, 0.1) is 0 Å². The normalized spacial score (nSPS) is 17.0. The monoisotopic (exact) mass is 446 g/mol. The number of oxazole rings is 1. The van der Waals surface area contributed by atoms with E-state index in [9.17, 15) is 14.4 Å². The first kappa shape index (κ1) is 21.2. The lowest BCUT2D eigenvalue weighted by atomic mass is 9.97. The van der Waals surface area contributed by atoms with Crippen LogP contribution in [0.15, 0.2) is 52.9 Å². The largest absolute Gasteiger partial charge is 0.440 e. The van der Waals surface area contributed by atoms with Gasteiger partial charge in [-0.15, -0.1) is 0 Å².